The first-order valence-electron chi connectivity index (χ1n) is 8.31. The van der Waals surface area contributed by atoms with Crippen molar-refractivity contribution >= 4 is 39.0 Å². The first-order valence-corrected chi connectivity index (χ1v) is 9.80. The fraction of sp³-hybridized carbons (Fsp3) is 0.0556. The van der Waals surface area contributed by atoms with Crippen LogP contribution in [0.1, 0.15) is 15.9 Å². The Hall–Kier alpha value is -3.70. The number of aromatic carboxylic acids is 1. The van der Waals surface area contributed by atoms with Crippen molar-refractivity contribution < 1.29 is 18.3 Å². The van der Waals surface area contributed by atoms with E-state index in [2.05, 4.69) is 25.5 Å². The second-order valence-electron chi connectivity index (χ2n) is 6.04. The molecule has 6 N–H and O–H groups in total. The van der Waals surface area contributed by atoms with Crippen LogP contribution in [0.15, 0.2) is 59.8 Å². The number of carbonyl (C=O) groups is 1. The summed E-state index contributed by atoms with van der Waals surface area (Å²) in [6.45, 7) is 1.85. The quantitative estimate of drug-likeness (QED) is 0.365. The molecular weight excluding hydrogens is 396 g/mol. The lowest BCUT2D eigenvalue weighted by Crippen LogP contribution is -2.30. The van der Waals surface area contributed by atoms with Crippen molar-refractivity contribution in [3.8, 4) is 0 Å². The van der Waals surface area contributed by atoms with Gasteiger partial charge < -0.3 is 16.2 Å². The van der Waals surface area contributed by atoms with Crippen molar-refractivity contribution in [2.45, 2.75) is 11.8 Å². The van der Waals surface area contributed by atoms with Crippen LogP contribution < -0.4 is 21.3 Å². The van der Waals surface area contributed by atoms with Gasteiger partial charge >= 0.3 is 5.97 Å². The molecule has 0 aliphatic heterocycles. The summed E-state index contributed by atoms with van der Waals surface area (Å²) in [5.41, 5.74) is 10.2. The number of hydrogen-bond acceptors (Lipinski definition) is 8. The molecule has 150 valence electrons. The number of nitrogen functional groups attached to an aromatic ring is 1. The minimum absolute atomic E-state index is 0.0559. The molecule has 29 heavy (non-hydrogen) atoms. The molecule has 10 nitrogen and oxygen atoms in total. The second kappa shape index (κ2) is 8.12. The lowest BCUT2D eigenvalue weighted by Gasteiger charge is -2.13. The Bertz CT molecular complexity index is 1130. The van der Waals surface area contributed by atoms with Gasteiger partial charge in [-0.1, -0.05) is 17.7 Å². The fourth-order valence-corrected chi connectivity index (χ4v) is 3.16. The Balaban J connectivity index is 1.74. The molecule has 1 aromatic heterocycles. The summed E-state index contributed by atoms with van der Waals surface area (Å²) in [5, 5.41) is 11.9. The van der Waals surface area contributed by atoms with Gasteiger partial charge in [-0.2, -0.15) is 0 Å². The molecule has 0 radical (unpaired) electrons. The largest absolute Gasteiger partial charge is 0.478 e. The number of aromatic nitrogens is 2. The van der Waals surface area contributed by atoms with Gasteiger partial charge in [0.25, 0.3) is 10.0 Å². The zero-order chi connectivity index (χ0) is 21.0. The lowest BCUT2D eigenvalue weighted by atomic mass is 10.2. The number of anilines is 4. The van der Waals surface area contributed by atoms with Crippen LogP contribution in [0, 0.1) is 6.92 Å². The summed E-state index contributed by atoms with van der Waals surface area (Å²) in [5.74, 6) is -0.758. The highest BCUT2D eigenvalue weighted by Gasteiger charge is 2.15. The Labute approximate surface area is 166 Å². The minimum Gasteiger partial charge on any atom is -0.478 e. The van der Waals surface area contributed by atoms with E-state index in [1.165, 1.54) is 30.6 Å². The second-order valence-corrected chi connectivity index (χ2v) is 7.72. The smallest absolute Gasteiger partial charge is 0.335 e. The number of nitrogens with two attached hydrogens (primary N) is 1. The number of rotatable bonds is 7. The van der Waals surface area contributed by atoms with E-state index in [1.54, 1.807) is 24.3 Å². The van der Waals surface area contributed by atoms with E-state index in [0.717, 1.165) is 5.56 Å². The fourth-order valence-electron chi connectivity index (χ4n) is 2.32. The number of nitrogens with one attached hydrogen (secondary N) is 3. The van der Waals surface area contributed by atoms with Crippen LogP contribution in [0.4, 0.5) is 23.0 Å². The molecule has 0 saturated heterocycles. The standard InChI is InChI=1S/C18H18N6O4S/c1-11-2-8-14(9-3-11)29(27,28)24-23-17-15(19)16(20-10-21-17)22-13-6-4-12(5-7-13)18(25)26/h2-10,24H,19H2,1H3,(H,25,26)(H2,20,21,22,23). The molecule has 11 heteroatoms. The van der Waals surface area contributed by atoms with Gasteiger partial charge in [0.15, 0.2) is 11.6 Å². The van der Waals surface area contributed by atoms with Crippen molar-refractivity contribution in [2.75, 3.05) is 16.5 Å². The molecule has 0 atom stereocenters. The van der Waals surface area contributed by atoms with Crippen LogP contribution in [0.5, 0.6) is 0 Å². The van der Waals surface area contributed by atoms with Gasteiger partial charge in [0.05, 0.1) is 10.5 Å². The molecule has 0 amide bonds. The monoisotopic (exact) mass is 414 g/mol. The maximum absolute atomic E-state index is 12.4. The molecule has 0 aliphatic carbocycles. The predicted octanol–water partition coefficient (Wildman–Crippen LogP) is 2.11. The van der Waals surface area contributed by atoms with E-state index in [0.29, 0.717) is 5.69 Å². The zero-order valence-electron chi connectivity index (χ0n) is 15.2. The Morgan fingerprint density at radius 2 is 1.62 bits per heavy atom. The zero-order valence-corrected chi connectivity index (χ0v) is 16.1. The van der Waals surface area contributed by atoms with E-state index < -0.39 is 16.0 Å². The van der Waals surface area contributed by atoms with Crippen LogP contribution in [0.2, 0.25) is 0 Å². The van der Waals surface area contributed by atoms with Crippen molar-refractivity contribution in [3.63, 3.8) is 0 Å². The first-order chi connectivity index (χ1) is 13.8. The highest BCUT2D eigenvalue weighted by molar-refractivity contribution is 7.89. The Morgan fingerprint density at radius 3 is 2.24 bits per heavy atom. The summed E-state index contributed by atoms with van der Waals surface area (Å²) in [4.78, 5) is 21.2. The van der Waals surface area contributed by atoms with Gasteiger partial charge in [0.1, 0.15) is 12.0 Å². The van der Waals surface area contributed by atoms with Crippen LogP contribution in [-0.2, 0) is 10.0 Å². The number of sulfonamides is 1. The lowest BCUT2D eigenvalue weighted by molar-refractivity contribution is 0.0697. The molecule has 2 aromatic carbocycles. The Morgan fingerprint density at radius 1 is 1.00 bits per heavy atom. The molecule has 0 fully saturated rings. The number of aryl methyl sites for hydroxylation is 1. The summed E-state index contributed by atoms with van der Waals surface area (Å²) < 4.78 is 24.7. The van der Waals surface area contributed by atoms with Crippen LogP contribution in [0.25, 0.3) is 0 Å². The molecular formula is C18H18N6O4S. The van der Waals surface area contributed by atoms with Gasteiger partial charge in [-0.15, -0.1) is 4.83 Å². The summed E-state index contributed by atoms with van der Waals surface area (Å²) >= 11 is 0. The number of carboxylic acids is 1. The molecule has 0 aliphatic rings. The maximum atomic E-state index is 12.4. The highest BCUT2D eigenvalue weighted by Crippen LogP contribution is 2.25. The summed E-state index contributed by atoms with van der Waals surface area (Å²) in [7, 11) is -3.83. The van der Waals surface area contributed by atoms with E-state index in [1.807, 2.05) is 6.92 Å². The number of hydrogen-bond donors (Lipinski definition) is 5. The van der Waals surface area contributed by atoms with Gasteiger partial charge in [-0.3, -0.25) is 5.43 Å². The van der Waals surface area contributed by atoms with Crippen molar-refractivity contribution in [1.82, 2.24) is 14.8 Å². The molecule has 1 heterocycles. The van der Waals surface area contributed by atoms with Gasteiger partial charge in [0, 0.05) is 5.69 Å². The average molecular weight is 414 g/mol. The maximum Gasteiger partial charge on any atom is 0.335 e. The van der Waals surface area contributed by atoms with E-state index in [4.69, 9.17) is 10.8 Å². The Kier molecular flexibility index (Phi) is 5.61. The number of carboxylic acid groups (broad SMARTS) is 1. The summed E-state index contributed by atoms with van der Waals surface area (Å²) in [6.07, 6.45) is 1.20. The number of nitrogens with zero attached hydrogens (tertiary/aromatic N) is 2. The van der Waals surface area contributed by atoms with E-state index in [9.17, 15) is 13.2 Å². The normalized spacial score (nSPS) is 11.1. The van der Waals surface area contributed by atoms with Crippen LogP contribution >= 0.6 is 0 Å². The third-order valence-electron chi connectivity index (χ3n) is 3.91. The molecule has 0 saturated carbocycles. The molecule has 0 unspecified atom stereocenters. The number of hydrazine groups is 1. The molecule has 3 rings (SSSR count). The topological polar surface area (TPSA) is 159 Å². The van der Waals surface area contributed by atoms with Crippen LogP contribution in [0.3, 0.4) is 0 Å². The molecule has 0 bridgehead atoms. The average Bonchev–Trinajstić information content (AvgIpc) is 2.69. The third kappa shape index (κ3) is 4.78. The van der Waals surface area contributed by atoms with Gasteiger partial charge in [-0.05, 0) is 43.3 Å². The van der Waals surface area contributed by atoms with Crippen molar-refractivity contribution in [1.29, 1.82) is 0 Å². The third-order valence-corrected chi connectivity index (χ3v) is 5.18. The van der Waals surface area contributed by atoms with E-state index in [-0.39, 0.29) is 27.8 Å². The minimum atomic E-state index is -3.83. The predicted molar refractivity (Wildman–Crippen MR) is 108 cm³/mol. The van der Waals surface area contributed by atoms with Gasteiger partial charge in [-0.25, -0.2) is 23.2 Å². The summed E-state index contributed by atoms with van der Waals surface area (Å²) in [6, 6.07) is 12.3. The highest BCUT2D eigenvalue weighted by atomic mass is 32.2. The van der Waals surface area contributed by atoms with E-state index >= 15 is 0 Å². The first kappa shape index (κ1) is 20.0. The van der Waals surface area contributed by atoms with Crippen molar-refractivity contribution in [3.05, 3.63) is 66.0 Å². The van der Waals surface area contributed by atoms with Gasteiger partial charge in [0.2, 0.25) is 0 Å². The number of benzene rings is 2. The van der Waals surface area contributed by atoms with Crippen LogP contribution in [-0.4, -0.2) is 29.5 Å². The SMILES string of the molecule is Cc1ccc(S(=O)(=O)NNc2ncnc(Nc3ccc(C(=O)O)cc3)c2N)cc1. The molecule has 3 aromatic rings. The van der Waals surface area contributed by atoms with Crippen molar-refractivity contribution in [2.24, 2.45) is 0 Å². The molecule has 0 spiro atoms.